The third kappa shape index (κ3) is 5.34. The molecule has 0 fully saturated rings. The first-order valence-corrected chi connectivity index (χ1v) is 24.3. The number of aromatic nitrogens is 3. The molecule has 0 N–H and O–H groups in total. The molecule has 3 aromatic heterocycles. The van der Waals surface area contributed by atoms with Crippen LogP contribution in [0.1, 0.15) is 22.3 Å². The van der Waals surface area contributed by atoms with Gasteiger partial charge in [0.15, 0.2) is 0 Å². The van der Waals surface area contributed by atoms with Crippen molar-refractivity contribution in [2.24, 2.45) is 0 Å². The van der Waals surface area contributed by atoms with Crippen LogP contribution in [0, 0.1) is 0 Å². The number of para-hydroxylation sites is 4. The van der Waals surface area contributed by atoms with Gasteiger partial charge in [-0.15, -0.1) is 0 Å². The van der Waals surface area contributed by atoms with Gasteiger partial charge in [-0.25, -0.2) is 0 Å². The predicted molar refractivity (Wildman–Crippen MR) is 292 cm³/mol. The van der Waals surface area contributed by atoms with Crippen molar-refractivity contribution in [3.05, 3.63) is 283 Å². The molecule has 14 aromatic rings. The van der Waals surface area contributed by atoms with Crippen molar-refractivity contribution in [3.63, 3.8) is 0 Å². The van der Waals surface area contributed by atoms with E-state index in [4.69, 9.17) is 0 Å². The zero-order chi connectivity index (χ0) is 45.9. The lowest BCUT2D eigenvalue weighted by molar-refractivity contribution is 0.768. The second-order valence-electron chi connectivity index (χ2n) is 18.8. The Morgan fingerprint density at radius 2 is 0.729 bits per heavy atom. The minimum absolute atomic E-state index is 0.517. The molecule has 0 radical (unpaired) electrons. The summed E-state index contributed by atoms with van der Waals surface area (Å²) in [6.07, 6.45) is 0. The molecule has 11 aromatic carbocycles. The van der Waals surface area contributed by atoms with Crippen LogP contribution in [-0.2, 0) is 5.41 Å². The van der Waals surface area contributed by atoms with Crippen LogP contribution in [-0.4, -0.2) is 13.7 Å². The molecule has 1 aliphatic rings. The number of hydrogen-bond donors (Lipinski definition) is 0. The van der Waals surface area contributed by atoms with Crippen molar-refractivity contribution in [2.75, 3.05) is 0 Å². The standard InChI is InChI=1S/C67H43N3/c1-5-19-44(20-6-1)45-33-37-58-55(41-45)56-42-50(34-38-59(56)67(58,46-21-7-2-8-22-46)47-23-9-3-10-24-47)70-61-31-17-13-27-51(61)53-36-40-64-65(66(53)70)54-29-15-18-32-62(54)69(64)49-35-39-63-57(43-49)52-28-14-16-30-60(52)68(63)48-25-11-4-12-26-48/h1-43H. The highest BCUT2D eigenvalue weighted by Gasteiger charge is 2.46. The highest BCUT2D eigenvalue weighted by atomic mass is 15.0. The largest absolute Gasteiger partial charge is 0.309 e. The fourth-order valence-corrected chi connectivity index (χ4v) is 12.4. The van der Waals surface area contributed by atoms with E-state index in [-0.39, 0.29) is 0 Å². The predicted octanol–water partition coefficient (Wildman–Crippen LogP) is 17.0. The fraction of sp³-hybridized carbons (Fsp3) is 0.0149. The molecule has 0 spiro atoms. The van der Waals surface area contributed by atoms with Crippen LogP contribution in [0.2, 0.25) is 0 Å². The van der Waals surface area contributed by atoms with E-state index < -0.39 is 5.41 Å². The maximum atomic E-state index is 2.55. The van der Waals surface area contributed by atoms with Crippen LogP contribution in [0.15, 0.2) is 261 Å². The summed E-state index contributed by atoms with van der Waals surface area (Å²) in [4.78, 5) is 0. The first-order valence-electron chi connectivity index (χ1n) is 24.3. The van der Waals surface area contributed by atoms with Crippen molar-refractivity contribution in [1.82, 2.24) is 13.7 Å². The molecule has 0 saturated heterocycles. The second kappa shape index (κ2) is 14.9. The lowest BCUT2D eigenvalue weighted by Crippen LogP contribution is -2.28. The number of nitrogens with zero attached hydrogens (tertiary/aromatic N) is 3. The zero-order valence-electron chi connectivity index (χ0n) is 38.2. The van der Waals surface area contributed by atoms with E-state index in [1.54, 1.807) is 0 Å². The van der Waals surface area contributed by atoms with Crippen LogP contribution in [0.3, 0.4) is 0 Å². The summed E-state index contributed by atoms with van der Waals surface area (Å²) >= 11 is 0. The van der Waals surface area contributed by atoms with Crippen LogP contribution in [0.25, 0.3) is 105 Å². The first kappa shape index (κ1) is 38.9. The SMILES string of the molecule is c1ccc(-c2ccc3c(c2)-c2cc(-n4c5ccccc5c5ccc6c(c7ccccc7n6-c6ccc7c(c6)c6ccccc6n7-c6ccccc6)c54)ccc2C3(c2ccccc2)c2ccccc2)cc1. The number of fused-ring (bicyclic) bond motifs is 13. The number of benzene rings is 11. The van der Waals surface area contributed by atoms with Crippen molar-refractivity contribution >= 4 is 65.4 Å². The molecule has 3 heteroatoms. The summed E-state index contributed by atoms with van der Waals surface area (Å²) < 4.78 is 7.42. The van der Waals surface area contributed by atoms with Crippen molar-refractivity contribution in [2.45, 2.75) is 5.41 Å². The van der Waals surface area contributed by atoms with Gasteiger partial charge in [0.2, 0.25) is 0 Å². The maximum Gasteiger partial charge on any atom is 0.0713 e. The monoisotopic (exact) mass is 889 g/mol. The second-order valence-corrected chi connectivity index (χ2v) is 18.8. The Morgan fingerprint density at radius 1 is 0.257 bits per heavy atom. The molecule has 0 bridgehead atoms. The van der Waals surface area contributed by atoms with Gasteiger partial charge in [-0.3, -0.25) is 0 Å². The average Bonchev–Trinajstić information content (AvgIpc) is 4.15. The zero-order valence-corrected chi connectivity index (χ0v) is 38.2. The third-order valence-corrected chi connectivity index (χ3v) is 15.3. The number of hydrogen-bond acceptors (Lipinski definition) is 0. The molecule has 3 nitrogen and oxygen atoms in total. The molecule has 1 aliphatic carbocycles. The van der Waals surface area contributed by atoms with E-state index in [1.165, 1.54) is 110 Å². The van der Waals surface area contributed by atoms with E-state index in [9.17, 15) is 0 Å². The van der Waals surface area contributed by atoms with Crippen LogP contribution in [0.5, 0.6) is 0 Å². The lowest BCUT2D eigenvalue weighted by atomic mass is 9.67. The summed E-state index contributed by atoms with van der Waals surface area (Å²) in [6.45, 7) is 0. The Kier molecular flexibility index (Phi) is 8.28. The van der Waals surface area contributed by atoms with Gasteiger partial charge >= 0.3 is 0 Å². The van der Waals surface area contributed by atoms with Gasteiger partial charge in [0.25, 0.3) is 0 Å². The minimum Gasteiger partial charge on any atom is -0.309 e. The summed E-state index contributed by atoms with van der Waals surface area (Å²) in [5, 5.41) is 7.42. The van der Waals surface area contributed by atoms with Gasteiger partial charge in [0.05, 0.1) is 38.5 Å². The summed E-state index contributed by atoms with van der Waals surface area (Å²) in [5.41, 5.74) is 20.1. The van der Waals surface area contributed by atoms with Crippen molar-refractivity contribution < 1.29 is 0 Å². The fourth-order valence-electron chi connectivity index (χ4n) is 12.4. The van der Waals surface area contributed by atoms with Crippen molar-refractivity contribution in [3.8, 4) is 39.3 Å². The van der Waals surface area contributed by atoms with E-state index in [0.717, 1.165) is 17.1 Å². The Hall–Kier alpha value is -9.18. The lowest BCUT2D eigenvalue weighted by Gasteiger charge is -2.34. The quantitative estimate of drug-likeness (QED) is 0.158. The highest BCUT2D eigenvalue weighted by Crippen LogP contribution is 2.57. The molecular weight excluding hydrogens is 847 g/mol. The van der Waals surface area contributed by atoms with Crippen molar-refractivity contribution in [1.29, 1.82) is 0 Å². The summed E-state index contributed by atoms with van der Waals surface area (Å²) in [7, 11) is 0. The molecule has 70 heavy (non-hydrogen) atoms. The van der Waals surface area contributed by atoms with Crippen LogP contribution in [0.4, 0.5) is 0 Å². The van der Waals surface area contributed by atoms with Gasteiger partial charge < -0.3 is 13.7 Å². The highest BCUT2D eigenvalue weighted by molar-refractivity contribution is 6.26. The molecule has 0 aliphatic heterocycles. The minimum atomic E-state index is -0.517. The van der Waals surface area contributed by atoms with Crippen LogP contribution < -0.4 is 0 Å². The van der Waals surface area contributed by atoms with Gasteiger partial charge in [-0.1, -0.05) is 188 Å². The van der Waals surface area contributed by atoms with E-state index in [2.05, 4.69) is 275 Å². The Bertz CT molecular complexity index is 4350. The van der Waals surface area contributed by atoms with E-state index in [1.807, 2.05) is 0 Å². The molecule has 0 unspecified atom stereocenters. The normalized spacial score (nSPS) is 13.0. The van der Waals surface area contributed by atoms with Gasteiger partial charge in [0.1, 0.15) is 0 Å². The molecule has 326 valence electrons. The van der Waals surface area contributed by atoms with Crippen LogP contribution >= 0.6 is 0 Å². The Labute approximate surface area is 405 Å². The topological polar surface area (TPSA) is 14.8 Å². The maximum absolute atomic E-state index is 2.55. The summed E-state index contributed by atoms with van der Waals surface area (Å²) in [5.74, 6) is 0. The average molecular weight is 890 g/mol. The molecule has 0 amide bonds. The Balaban J connectivity index is 1.01. The van der Waals surface area contributed by atoms with Gasteiger partial charge in [0, 0.05) is 49.4 Å². The molecule has 15 rings (SSSR count). The molecule has 0 atom stereocenters. The third-order valence-electron chi connectivity index (χ3n) is 15.3. The van der Waals surface area contributed by atoms with E-state index in [0.29, 0.717) is 0 Å². The number of rotatable bonds is 6. The first-order chi connectivity index (χ1) is 34.8. The van der Waals surface area contributed by atoms with E-state index >= 15 is 0 Å². The Morgan fingerprint density at radius 3 is 1.41 bits per heavy atom. The molecular formula is C67H43N3. The smallest absolute Gasteiger partial charge is 0.0713 e. The summed E-state index contributed by atoms with van der Waals surface area (Å²) in [6, 6.07) is 96.6. The van der Waals surface area contributed by atoms with Gasteiger partial charge in [-0.2, -0.15) is 0 Å². The molecule has 3 heterocycles. The molecule has 0 saturated carbocycles. The van der Waals surface area contributed by atoms with Gasteiger partial charge in [-0.05, 0) is 117 Å².